The lowest BCUT2D eigenvalue weighted by Crippen LogP contribution is -2.34. The summed E-state index contributed by atoms with van der Waals surface area (Å²) in [6, 6.07) is 4.28. The second-order valence-electron chi connectivity index (χ2n) is 5.46. The van der Waals surface area contributed by atoms with Crippen LogP contribution in [0.3, 0.4) is 0 Å². The fourth-order valence-corrected chi connectivity index (χ4v) is 2.71. The van der Waals surface area contributed by atoms with Gasteiger partial charge in [0.1, 0.15) is 5.82 Å². The van der Waals surface area contributed by atoms with Crippen molar-refractivity contribution in [3.63, 3.8) is 0 Å². The van der Waals surface area contributed by atoms with Gasteiger partial charge < -0.3 is 10.6 Å². The van der Waals surface area contributed by atoms with Gasteiger partial charge in [-0.05, 0) is 37.3 Å². The van der Waals surface area contributed by atoms with Crippen LogP contribution in [0.5, 0.6) is 0 Å². The first-order valence-electron chi connectivity index (χ1n) is 7.17. The van der Waals surface area contributed by atoms with Crippen molar-refractivity contribution >= 4 is 5.82 Å². The first-order chi connectivity index (χ1) is 8.70. The average Bonchev–Trinajstić information content (AvgIpc) is 2.40. The predicted molar refractivity (Wildman–Crippen MR) is 76.7 cm³/mol. The van der Waals surface area contributed by atoms with Crippen molar-refractivity contribution in [3.05, 3.63) is 23.9 Å². The van der Waals surface area contributed by atoms with Gasteiger partial charge in [0.15, 0.2) is 0 Å². The van der Waals surface area contributed by atoms with E-state index >= 15 is 0 Å². The summed E-state index contributed by atoms with van der Waals surface area (Å²) in [5, 5.41) is 0. The molecule has 1 fully saturated rings. The molecule has 2 rings (SSSR count). The number of nitrogens with zero attached hydrogens (tertiary/aromatic N) is 2. The maximum Gasteiger partial charge on any atom is 0.128 e. The van der Waals surface area contributed by atoms with Crippen molar-refractivity contribution in [3.8, 4) is 0 Å². The molecule has 0 aliphatic carbocycles. The summed E-state index contributed by atoms with van der Waals surface area (Å²) >= 11 is 0. The van der Waals surface area contributed by atoms with Crippen LogP contribution in [0.25, 0.3) is 0 Å². The van der Waals surface area contributed by atoms with Crippen molar-refractivity contribution in [2.45, 2.75) is 45.6 Å². The highest BCUT2D eigenvalue weighted by Gasteiger charge is 2.19. The Labute approximate surface area is 110 Å². The number of hydrogen-bond donors (Lipinski definition) is 1. The summed E-state index contributed by atoms with van der Waals surface area (Å²) in [4.78, 5) is 6.94. The third-order valence-corrected chi connectivity index (χ3v) is 3.93. The Kier molecular flexibility index (Phi) is 4.59. The summed E-state index contributed by atoms with van der Waals surface area (Å²) < 4.78 is 0. The zero-order chi connectivity index (χ0) is 13.0. The van der Waals surface area contributed by atoms with Gasteiger partial charge in [0.05, 0.1) is 0 Å². The molecule has 2 heterocycles. The van der Waals surface area contributed by atoms with E-state index < -0.39 is 0 Å². The highest BCUT2D eigenvalue weighted by molar-refractivity contribution is 5.40. The van der Waals surface area contributed by atoms with Gasteiger partial charge in [0, 0.05) is 25.3 Å². The van der Waals surface area contributed by atoms with Crippen LogP contribution < -0.4 is 10.6 Å². The van der Waals surface area contributed by atoms with E-state index in [9.17, 15) is 0 Å². The molecule has 18 heavy (non-hydrogen) atoms. The average molecular weight is 247 g/mol. The van der Waals surface area contributed by atoms with Crippen LogP contribution in [-0.2, 0) is 0 Å². The number of aromatic nitrogens is 1. The molecular weight excluding hydrogens is 222 g/mol. The SMILES string of the molecule is CCCC1CCN(c2ccc([C@H](C)N)cn2)CC1. The normalized spacial score (nSPS) is 18.9. The second-order valence-corrected chi connectivity index (χ2v) is 5.46. The first kappa shape index (κ1) is 13.3. The van der Waals surface area contributed by atoms with E-state index in [0.29, 0.717) is 0 Å². The smallest absolute Gasteiger partial charge is 0.128 e. The molecule has 0 aromatic carbocycles. The van der Waals surface area contributed by atoms with Crippen molar-refractivity contribution in [1.82, 2.24) is 4.98 Å². The molecule has 0 unspecified atom stereocenters. The molecule has 2 N–H and O–H groups in total. The van der Waals surface area contributed by atoms with Gasteiger partial charge in [-0.2, -0.15) is 0 Å². The number of nitrogens with two attached hydrogens (primary N) is 1. The second kappa shape index (κ2) is 6.19. The maximum atomic E-state index is 5.84. The molecule has 0 spiro atoms. The molecule has 1 aliphatic heterocycles. The molecule has 0 saturated carbocycles. The van der Waals surface area contributed by atoms with E-state index in [1.165, 1.54) is 25.7 Å². The zero-order valence-corrected chi connectivity index (χ0v) is 11.6. The van der Waals surface area contributed by atoms with E-state index in [4.69, 9.17) is 5.73 Å². The fraction of sp³-hybridized carbons (Fsp3) is 0.667. The lowest BCUT2D eigenvalue weighted by atomic mass is 9.92. The van der Waals surface area contributed by atoms with Gasteiger partial charge in [-0.1, -0.05) is 25.8 Å². The highest BCUT2D eigenvalue weighted by Crippen LogP contribution is 2.25. The molecule has 3 nitrogen and oxygen atoms in total. The number of piperidine rings is 1. The molecule has 1 aromatic heterocycles. The number of anilines is 1. The van der Waals surface area contributed by atoms with Crippen LogP contribution in [0.1, 0.15) is 51.1 Å². The molecule has 1 aliphatic rings. The summed E-state index contributed by atoms with van der Waals surface area (Å²) in [5.41, 5.74) is 6.95. The predicted octanol–water partition coefficient (Wildman–Crippen LogP) is 3.12. The molecule has 0 bridgehead atoms. The minimum absolute atomic E-state index is 0.0711. The molecule has 1 aromatic rings. The minimum Gasteiger partial charge on any atom is -0.357 e. The highest BCUT2D eigenvalue weighted by atomic mass is 15.2. The van der Waals surface area contributed by atoms with Gasteiger partial charge in [-0.15, -0.1) is 0 Å². The minimum atomic E-state index is 0.0711. The lowest BCUT2D eigenvalue weighted by Gasteiger charge is -2.32. The van der Waals surface area contributed by atoms with E-state index in [0.717, 1.165) is 30.4 Å². The molecule has 0 radical (unpaired) electrons. The van der Waals surface area contributed by atoms with E-state index in [1.807, 2.05) is 13.1 Å². The van der Waals surface area contributed by atoms with Crippen molar-refractivity contribution in [1.29, 1.82) is 0 Å². The van der Waals surface area contributed by atoms with Crippen LogP contribution in [0.4, 0.5) is 5.82 Å². The molecule has 1 atom stereocenters. The summed E-state index contributed by atoms with van der Waals surface area (Å²) in [6.45, 7) is 6.57. The Morgan fingerprint density at radius 3 is 2.61 bits per heavy atom. The molecule has 3 heteroatoms. The van der Waals surface area contributed by atoms with Crippen molar-refractivity contribution in [2.75, 3.05) is 18.0 Å². The third-order valence-electron chi connectivity index (χ3n) is 3.93. The van der Waals surface area contributed by atoms with Crippen LogP contribution in [0.2, 0.25) is 0 Å². The molecule has 1 saturated heterocycles. The summed E-state index contributed by atoms with van der Waals surface area (Å²) in [7, 11) is 0. The fourth-order valence-electron chi connectivity index (χ4n) is 2.71. The van der Waals surface area contributed by atoms with E-state index in [1.54, 1.807) is 0 Å². The van der Waals surface area contributed by atoms with Crippen molar-refractivity contribution in [2.24, 2.45) is 11.7 Å². The molecular formula is C15H25N3. The number of rotatable bonds is 4. The zero-order valence-electron chi connectivity index (χ0n) is 11.6. The summed E-state index contributed by atoms with van der Waals surface area (Å²) in [5.74, 6) is 2.03. The first-order valence-corrected chi connectivity index (χ1v) is 7.17. The van der Waals surface area contributed by atoms with Crippen molar-refractivity contribution < 1.29 is 0 Å². The number of hydrogen-bond acceptors (Lipinski definition) is 3. The topological polar surface area (TPSA) is 42.1 Å². The van der Waals surface area contributed by atoms with E-state index in [2.05, 4.69) is 28.9 Å². The summed E-state index contributed by atoms with van der Waals surface area (Å²) in [6.07, 6.45) is 7.23. The monoisotopic (exact) mass is 247 g/mol. The molecule has 100 valence electrons. The largest absolute Gasteiger partial charge is 0.357 e. The van der Waals surface area contributed by atoms with Gasteiger partial charge in [-0.25, -0.2) is 4.98 Å². The Hall–Kier alpha value is -1.09. The van der Waals surface area contributed by atoms with Crippen LogP contribution in [-0.4, -0.2) is 18.1 Å². The van der Waals surface area contributed by atoms with Gasteiger partial charge in [0.25, 0.3) is 0 Å². The van der Waals surface area contributed by atoms with Crippen LogP contribution in [0, 0.1) is 5.92 Å². The van der Waals surface area contributed by atoms with Crippen LogP contribution in [0.15, 0.2) is 18.3 Å². The Morgan fingerprint density at radius 2 is 2.11 bits per heavy atom. The third kappa shape index (κ3) is 3.22. The molecule has 0 amide bonds. The number of pyridine rings is 1. The van der Waals surface area contributed by atoms with Gasteiger partial charge in [0.2, 0.25) is 0 Å². The lowest BCUT2D eigenvalue weighted by molar-refractivity contribution is 0.377. The van der Waals surface area contributed by atoms with Crippen LogP contribution >= 0.6 is 0 Å². The Bertz CT molecular complexity index is 351. The van der Waals surface area contributed by atoms with Gasteiger partial charge in [-0.3, -0.25) is 0 Å². The Morgan fingerprint density at radius 1 is 1.39 bits per heavy atom. The standard InChI is InChI=1S/C15H25N3/c1-3-4-13-7-9-18(10-8-13)15-6-5-14(11-17-15)12(2)16/h5-6,11-13H,3-4,7-10,16H2,1-2H3/t12-/m0/s1. The van der Waals surface area contributed by atoms with Gasteiger partial charge >= 0.3 is 0 Å². The quantitative estimate of drug-likeness (QED) is 0.889. The Balaban J connectivity index is 1.93. The maximum absolute atomic E-state index is 5.84. The van der Waals surface area contributed by atoms with E-state index in [-0.39, 0.29) is 6.04 Å².